The van der Waals surface area contributed by atoms with Gasteiger partial charge in [0.15, 0.2) is 5.78 Å². The molecule has 35 heavy (non-hydrogen) atoms. The number of esters is 1. The lowest BCUT2D eigenvalue weighted by molar-refractivity contribution is 0.0513. The largest absolute Gasteiger partial charge is 0.461 e. The second-order valence-corrected chi connectivity index (χ2v) is 9.34. The number of aromatic amines is 1. The van der Waals surface area contributed by atoms with E-state index in [4.69, 9.17) is 4.74 Å². The van der Waals surface area contributed by atoms with Gasteiger partial charge in [0.05, 0.1) is 17.9 Å². The highest BCUT2D eigenvalue weighted by atomic mass is 32.2. The van der Waals surface area contributed by atoms with Crippen molar-refractivity contribution in [3.05, 3.63) is 111 Å². The minimum Gasteiger partial charge on any atom is -0.461 e. The number of nitrogens with zero attached hydrogens (tertiary/aromatic N) is 1. The number of benzene rings is 2. The van der Waals surface area contributed by atoms with Crippen LogP contribution >= 0.6 is 11.8 Å². The molecule has 176 valence electrons. The molecule has 0 aliphatic carbocycles. The number of fused-ring (bicyclic) bond motifs is 3. The maximum absolute atomic E-state index is 13.1. The summed E-state index contributed by atoms with van der Waals surface area (Å²) in [7, 11) is 0. The molecule has 1 N–H and O–H groups in total. The van der Waals surface area contributed by atoms with Crippen LogP contribution in [0.15, 0.2) is 76.4 Å². The van der Waals surface area contributed by atoms with Crippen molar-refractivity contribution in [2.24, 2.45) is 0 Å². The molecule has 7 heteroatoms. The van der Waals surface area contributed by atoms with Gasteiger partial charge in [0.2, 0.25) is 0 Å². The Morgan fingerprint density at radius 3 is 2.43 bits per heavy atom. The summed E-state index contributed by atoms with van der Waals surface area (Å²) in [5.41, 5.74) is 4.85. The van der Waals surface area contributed by atoms with Gasteiger partial charge in [0, 0.05) is 34.0 Å². The number of thioether (sulfide) groups is 1. The Kier molecular flexibility index (Phi) is 6.17. The summed E-state index contributed by atoms with van der Waals surface area (Å²) in [6, 6.07) is 20.4. The first-order valence-electron chi connectivity index (χ1n) is 11.4. The number of ketones is 1. The van der Waals surface area contributed by atoms with Crippen molar-refractivity contribution in [3.63, 3.8) is 0 Å². The number of ether oxygens (including phenoxy) is 1. The number of aromatic nitrogens is 2. The van der Waals surface area contributed by atoms with Crippen molar-refractivity contribution in [2.45, 2.75) is 31.0 Å². The van der Waals surface area contributed by atoms with E-state index in [1.165, 1.54) is 0 Å². The van der Waals surface area contributed by atoms with Crippen LogP contribution in [0.5, 0.6) is 0 Å². The zero-order valence-electron chi connectivity index (χ0n) is 19.5. The molecule has 0 radical (unpaired) electrons. The predicted octanol–water partition coefficient (Wildman–Crippen LogP) is 5.21. The highest BCUT2D eigenvalue weighted by Crippen LogP contribution is 2.44. The second kappa shape index (κ2) is 9.43. The van der Waals surface area contributed by atoms with Crippen LogP contribution in [0.4, 0.5) is 0 Å². The van der Waals surface area contributed by atoms with E-state index in [1.54, 1.807) is 49.0 Å². The van der Waals surface area contributed by atoms with Crippen molar-refractivity contribution in [1.82, 2.24) is 9.55 Å². The molecule has 2 aromatic heterocycles. The van der Waals surface area contributed by atoms with Crippen LogP contribution in [0, 0.1) is 6.92 Å². The number of carbonyl (C=O) groups is 2. The van der Waals surface area contributed by atoms with Crippen LogP contribution in [-0.2, 0) is 17.0 Å². The van der Waals surface area contributed by atoms with Gasteiger partial charge in [0.1, 0.15) is 5.69 Å². The van der Waals surface area contributed by atoms with E-state index in [-0.39, 0.29) is 23.9 Å². The molecule has 3 heterocycles. The molecule has 4 aromatic rings. The van der Waals surface area contributed by atoms with Crippen LogP contribution in [0.2, 0.25) is 0 Å². The molecule has 5 rings (SSSR count). The standard InChI is InChI=1S/C28H24N2O4S/c1-3-34-28(33)25-17(2)23-21(30(25)15-18-10-6-4-7-11-18)16-35-22-14-20(27(32)29-24(22)23)26(31)19-12-8-5-9-13-19/h4-14H,3,15-16H2,1-2H3,(H,29,32). The van der Waals surface area contributed by atoms with Crippen LogP contribution in [-0.4, -0.2) is 27.9 Å². The predicted molar refractivity (Wildman–Crippen MR) is 136 cm³/mol. The topological polar surface area (TPSA) is 81.2 Å². The molecule has 0 amide bonds. The number of hydrogen-bond donors (Lipinski definition) is 1. The Morgan fingerprint density at radius 2 is 1.74 bits per heavy atom. The van der Waals surface area contributed by atoms with Crippen molar-refractivity contribution >= 4 is 23.5 Å². The number of pyridine rings is 1. The quantitative estimate of drug-likeness (QED) is 0.300. The molecule has 0 unspecified atom stereocenters. The second-order valence-electron chi connectivity index (χ2n) is 8.32. The Morgan fingerprint density at radius 1 is 1.06 bits per heavy atom. The molecule has 1 aliphatic heterocycles. The average molecular weight is 485 g/mol. The third kappa shape index (κ3) is 4.12. The normalized spacial score (nSPS) is 12.1. The first-order valence-corrected chi connectivity index (χ1v) is 12.4. The highest BCUT2D eigenvalue weighted by molar-refractivity contribution is 7.98. The van der Waals surface area contributed by atoms with Gasteiger partial charge in [-0.15, -0.1) is 11.8 Å². The zero-order chi connectivity index (χ0) is 24.5. The van der Waals surface area contributed by atoms with E-state index in [0.717, 1.165) is 27.3 Å². The summed E-state index contributed by atoms with van der Waals surface area (Å²) in [6.07, 6.45) is 0. The van der Waals surface area contributed by atoms with E-state index >= 15 is 0 Å². The van der Waals surface area contributed by atoms with E-state index in [1.807, 2.05) is 47.9 Å². The van der Waals surface area contributed by atoms with Crippen molar-refractivity contribution in [1.29, 1.82) is 0 Å². The highest BCUT2D eigenvalue weighted by Gasteiger charge is 2.31. The fraction of sp³-hybridized carbons (Fsp3) is 0.179. The molecule has 2 aromatic carbocycles. The van der Waals surface area contributed by atoms with Gasteiger partial charge in [0.25, 0.3) is 5.56 Å². The van der Waals surface area contributed by atoms with Crippen LogP contribution in [0.25, 0.3) is 11.3 Å². The molecule has 0 saturated carbocycles. The van der Waals surface area contributed by atoms with Gasteiger partial charge in [-0.1, -0.05) is 60.7 Å². The minimum atomic E-state index is -0.445. The van der Waals surface area contributed by atoms with Crippen molar-refractivity contribution in [2.75, 3.05) is 6.61 Å². The summed E-state index contributed by atoms with van der Waals surface area (Å²) < 4.78 is 7.39. The van der Waals surface area contributed by atoms with E-state index in [0.29, 0.717) is 29.2 Å². The lowest BCUT2D eigenvalue weighted by Crippen LogP contribution is -2.20. The van der Waals surface area contributed by atoms with Gasteiger partial charge in [-0.2, -0.15) is 0 Å². The van der Waals surface area contributed by atoms with Crippen LogP contribution < -0.4 is 5.56 Å². The minimum absolute atomic E-state index is 0.109. The van der Waals surface area contributed by atoms with Crippen molar-refractivity contribution in [3.8, 4) is 11.3 Å². The lowest BCUT2D eigenvalue weighted by atomic mass is 10.0. The van der Waals surface area contributed by atoms with E-state index in [9.17, 15) is 14.4 Å². The van der Waals surface area contributed by atoms with E-state index < -0.39 is 5.56 Å². The maximum atomic E-state index is 13.1. The monoisotopic (exact) mass is 484 g/mol. The number of carbonyl (C=O) groups excluding carboxylic acids is 2. The number of H-pyrrole nitrogens is 1. The zero-order valence-corrected chi connectivity index (χ0v) is 20.3. The molecule has 0 saturated heterocycles. The first kappa shape index (κ1) is 22.9. The Balaban J connectivity index is 1.65. The summed E-state index contributed by atoms with van der Waals surface area (Å²) in [6.45, 7) is 4.45. The van der Waals surface area contributed by atoms with Crippen LogP contribution in [0.1, 0.15) is 50.2 Å². The Hall–Kier alpha value is -3.84. The molecule has 0 bridgehead atoms. The fourth-order valence-corrected chi connectivity index (χ4v) is 5.65. The van der Waals surface area contributed by atoms with Crippen molar-refractivity contribution < 1.29 is 14.3 Å². The fourth-order valence-electron chi connectivity index (χ4n) is 4.56. The first-order chi connectivity index (χ1) is 17.0. The molecular weight excluding hydrogens is 460 g/mol. The molecule has 1 aliphatic rings. The SMILES string of the molecule is CCOC(=O)c1c(C)c2c(n1Cc1ccccc1)CSc1cc(C(=O)c3ccccc3)c(=O)[nH]c1-2. The third-order valence-electron chi connectivity index (χ3n) is 6.17. The number of rotatable bonds is 6. The van der Waals surface area contributed by atoms with Crippen LogP contribution in [0.3, 0.4) is 0 Å². The van der Waals surface area contributed by atoms with Gasteiger partial charge in [-0.25, -0.2) is 4.79 Å². The maximum Gasteiger partial charge on any atom is 0.355 e. The molecular formula is C28H24N2O4S. The molecule has 0 fully saturated rings. The summed E-state index contributed by atoms with van der Waals surface area (Å²) >= 11 is 1.54. The Bertz CT molecular complexity index is 1490. The number of nitrogens with one attached hydrogen (secondary N) is 1. The average Bonchev–Trinajstić information content (AvgIpc) is 3.16. The van der Waals surface area contributed by atoms with Gasteiger partial charge < -0.3 is 14.3 Å². The third-order valence-corrected chi connectivity index (χ3v) is 7.22. The molecule has 6 nitrogen and oxygen atoms in total. The van der Waals surface area contributed by atoms with E-state index in [2.05, 4.69) is 4.98 Å². The molecule has 0 atom stereocenters. The van der Waals surface area contributed by atoms with Gasteiger partial charge in [-0.3, -0.25) is 9.59 Å². The number of hydrogen-bond acceptors (Lipinski definition) is 5. The molecule has 0 spiro atoms. The summed E-state index contributed by atoms with van der Waals surface area (Å²) in [4.78, 5) is 42.8. The smallest absolute Gasteiger partial charge is 0.355 e. The van der Waals surface area contributed by atoms with Gasteiger partial charge >= 0.3 is 5.97 Å². The summed E-state index contributed by atoms with van der Waals surface area (Å²) in [5, 5.41) is 0. The lowest BCUT2D eigenvalue weighted by Gasteiger charge is -2.20. The summed E-state index contributed by atoms with van der Waals surface area (Å²) in [5.74, 6) is -0.104. The van der Waals surface area contributed by atoms with Gasteiger partial charge in [-0.05, 0) is 31.0 Å². The Labute approximate surface area is 207 Å².